The van der Waals surface area contributed by atoms with Crippen LogP contribution in [-0.2, 0) is 4.79 Å². The molecule has 0 saturated heterocycles. The minimum atomic E-state index is 0.366. The van der Waals surface area contributed by atoms with Crippen LogP contribution in [0.5, 0.6) is 0 Å². The molecule has 0 aromatic carbocycles. The molecule has 1 fully saturated rings. The Morgan fingerprint density at radius 3 is 2.64 bits per heavy atom. The van der Waals surface area contributed by atoms with Gasteiger partial charge in [-0.3, -0.25) is 4.79 Å². The van der Waals surface area contributed by atoms with Gasteiger partial charge in [0.15, 0.2) is 0 Å². The number of carbonyl (C=O) groups is 1. The van der Waals surface area contributed by atoms with Crippen molar-refractivity contribution in [2.45, 2.75) is 59.3 Å². The van der Waals surface area contributed by atoms with Crippen molar-refractivity contribution in [1.82, 2.24) is 0 Å². The molecule has 1 aliphatic carbocycles. The van der Waals surface area contributed by atoms with Gasteiger partial charge in [0, 0.05) is 11.8 Å². The summed E-state index contributed by atoms with van der Waals surface area (Å²) in [5, 5.41) is 0. The van der Waals surface area contributed by atoms with Gasteiger partial charge in [-0.2, -0.15) is 0 Å². The average Bonchev–Trinajstić information content (AvgIpc) is 2.16. The van der Waals surface area contributed by atoms with E-state index in [2.05, 4.69) is 20.8 Å². The van der Waals surface area contributed by atoms with Gasteiger partial charge in [-0.1, -0.05) is 40.0 Å². The number of rotatable bonds is 4. The van der Waals surface area contributed by atoms with Crippen molar-refractivity contribution >= 4 is 5.78 Å². The summed E-state index contributed by atoms with van der Waals surface area (Å²) in [5.41, 5.74) is 0. The summed E-state index contributed by atoms with van der Waals surface area (Å²) in [6.07, 6.45) is 7.14. The zero-order valence-corrected chi connectivity index (χ0v) is 9.88. The Kier molecular flexibility index (Phi) is 4.64. The molecule has 0 heterocycles. The SMILES string of the molecule is CCCCC1CCCC(C(C)C)C1=O. The highest BCUT2D eigenvalue weighted by Crippen LogP contribution is 2.33. The lowest BCUT2D eigenvalue weighted by molar-refractivity contribution is -0.130. The zero-order valence-electron chi connectivity index (χ0n) is 9.88. The van der Waals surface area contributed by atoms with Crippen LogP contribution in [0.2, 0.25) is 0 Å². The van der Waals surface area contributed by atoms with Gasteiger partial charge in [0.1, 0.15) is 5.78 Å². The smallest absolute Gasteiger partial charge is 0.139 e. The van der Waals surface area contributed by atoms with Crippen molar-refractivity contribution in [1.29, 1.82) is 0 Å². The van der Waals surface area contributed by atoms with E-state index in [4.69, 9.17) is 0 Å². The van der Waals surface area contributed by atoms with E-state index >= 15 is 0 Å². The molecule has 0 aromatic rings. The summed E-state index contributed by atoms with van der Waals surface area (Å²) < 4.78 is 0. The van der Waals surface area contributed by atoms with E-state index in [1.807, 2.05) is 0 Å². The van der Waals surface area contributed by atoms with Crippen molar-refractivity contribution in [3.63, 3.8) is 0 Å². The molecule has 0 aliphatic heterocycles. The molecule has 2 atom stereocenters. The molecule has 0 radical (unpaired) electrons. The van der Waals surface area contributed by atoms with Gasteiger partial charge in [0.05, 0.1) is 0 Å². The number of ketones is 1. The largest absolute Gasteiger partial charge is 0.299 e. The molecule has 0 bridgehead atoms. The highest BCUT2D eigenvalue weighted by Gasteiger charge is 2.31. The maximum Gasteiger partial charge on any atom is 0.139 e. The second kappa shape index (κ2) is 5.53. The van der Waals surface area contributed by atoms with Crippen molar-refractivity contribution in [3.05, 3.63) is 0 Å². The summed E-state index contributed by atoms with van der Waals surface area (Å²) in [4.78, 5) is 12.1. The van der Waals surface area contributed by atoms with E-state index in [0.29, 0.717) is 23.5 Å². The fourth-order valence-corrected chi connectivity index (χ4v) is 2.57. The van der Waals surface area contributed by atoms with Crippen molar-refractivity contribution in [3.8, 4) is 0 Å². The Morgan fingerprint density at radius 2 is 2.07 bits per heavy atom. The quantitative estimate of drug-likeness (QED) is 0.668. The predicted molar refractivity (Wildman–Crippen MR) is 60.2 cm³/mol. The van der Waals surface area contributed by atoms with Crippen LogP contribution in [-0.4, -0.2) is 5.78 Å². The molecule has 1 heteroatoms. The maximum atomic E-state index is 12.1. The summed E-state index contributed by atoms with van der Waals surface area (Å²) >= 11 is 0. The minimum absolute atomic E-state index is 0.366. The lowest BCUT2D eigenvalue weighted by Crippen LogP contribution is -2.31. The van der Waals surface area contributed by atoms with Crippen LogP contribution in [0.3, 0.4) is 0 Å². The lowest BCUT2D eigenvalue weighted by Gasteiger charge is -2.30. The summed E-state index contributed by atoms with van der Waals surface area (Å²) in [5.74, 6) is 1.88. The first kappa shape index (κ1) is 11.7. The van der Waals surface area contributed by atoms with Crippen LogP contribution in [0, 0.1) is 17.8 Å². The first-order valence-electron chi connectivity index (χ1n) is 6.20. The van der Waals surface area contributed by atoms with E-state index in [-0.39, 0.29) is 0 Å². The number of hydrogen-bond donors (Lipinski definition) is 0. The average molecular weight is 196 g/mol. The van der Waals surface area contributed by atoms with Crippen LogP contribution < -0.4 is 0 Å². The third-order valence-corrected chi connectivity index (χ3v) is 3.55. The van der Waals surface area contributed by atoms with Gasteiger partial charge in [0.2, 0.25) is 0 Å². The van der Waals surface area contributed by atoms with Crippen LogP contribution in [0.4, 0.5) is 0 Å². The molecule has 0 N–H and O–H groups in total. The summed E-state index contributed by atoms with van der Waals surface area (Å²) in [7, 11) is 0. The predicted octanol–water partition coefficient (Wildman–Crippen LogP) is 3.82. The first-order chi connectivity index (χ1) is 6.66. The standard InChI is InChI=1S/C13H24O/c1-4-5-7-11-8-6-9-12(10(2)3)13(11)14/h10-12H,4-9H2,1-3H3. The Hall–Kier alpha value is -0.330. The molecular weight excluding hydrogens is 172 g/mol. The zero-order chi connectivity index (χ0) is 10.6. The topological polar surface area (TPSA) is 17.1 Å². The van der Waals surface area contributed by atoms with Gasteiger partial charge in [-0.15, -0.1) is 0 Å². The monoisotopic (exact) mass is 196 g/mol. The van der Waals surface area contributed by atoms with Crippen LogP contribution in [0.1, 0.15) is 59.3 Å². The number of unbranched alkanes of at least 4 members (excludes halogenated alkanes) is 1. The van der Waals surface area contributed by atoms with Gasteiger partial charge in [0.25, 0.3) is 0 Å². The molecule has 82 valence electrons. The summed E-state index contributed by atoms with van der Waals surface area (Å²) in [6.45, 7) is 6.57. The maximum absolute atomic E-state index is 12.1. The Morgan fingerprint density at radius 1 is 1.36 bits per heavy atom. The Labute approximate surface area is 88.3 Å². The molecular formula is C13H24O. The molecule has 14 heavy (non-hydrogen) atoms. The first-order valence-corrected chi connectivity index (χ1v) is 6.20. The third kappa shape index (κ3) is 2.83. The fraction of sp³-hybridized carbons (Fsp3) is 0.923. The highest BCUT2D eigenvalue weighted by molar-refractivity contribution is 5.84. The molecule has 1 aliphatic rings. The van der Waals surface area contributed by atoms with Gasteiger partial charge < -0.3 is 0 Å². The summed E-state index contributed by atoms with van der Waals surface area (Å²) in [6, 6.07) is 0. The van der Waals surface area contributed by atoms with Crippen molar-refractivity contribution in [2.24, 2.45) is 17.8 Å². The Bertz CT molecular complexity index is 184. The normalized spacial score (nSPS) is 28.4. The van der Waals surface area contributed by atoms with E-state index in [1.165, 1.54) is 19.3 Å². The van der Waals surface area contributed by atoms with Crippen molar-refractivity contribution in [2.75, 3.05) is 0 Å². The van der Waals surface area contributed by atoms with E-state index in [0.717, 1.165) is 19.3 Å². The Balaban J connectivity index is 2.48. The van der Waals surface area contributed by atoms with Gasteiger partial charge in [-0.05, 0) is 25.2 Å². The van der Waals surface area contributed by atoms with E-state index in [9.17, 15) is 4.79 Å². The molecule has 2 unspecified atom stereocenters. The van der Waals surface area contributed by atoms with Crippen molar-refractivity contribution < 1.29 is 4.79 Å². The third-order valence-electron chi connectivity index (χ3n) is 3.55. The number of carbonyl (C=O) groups excluding carboxylic acids is 1. The molecule has 1 saturated carbocycles. The molecule has 0 spiro atoms. The van der Waals surface area contributed by atoms with Gasteiger partial charge >= 0.3 is 0 Å². The molecule has 1 rings (SSSR count). The lowest BCUT2D eigenvalue weighted by atomic mass is 9.73. The molecule has 0 amide bonds. The van der Waals surface area contributed by atoms with Crippen LogP contribution >= 0.6 is 0 Å². The highest BCUT2D eigenvalue weighted by atomic mass is 16.1. The molecule has 1 nitrogen and oxygen atoms in total. The van der Waals surface area contributed by atoms with E-state index < -0.39 is 0 Å². The van der Waals surface area contributed by atoms with Gasteiger partial charge in [-0.25, -0.2) is 0 Å². The fourth-order valence-electron chi connectivity index (χ4n) is 2.57. The van der Waals surface area contributed by atoms with Crippen LogP contribution in [0.25, 0.3) is 0 Å². The van der Waals surface area contributed by atoms with E-state index in [1.54, 1.807) is 0 Å². The minimum Gasteiger partial charge on any atom is -0.299 e. The number of Topliss-reactive ketones (excluding diaryl/α,β-unsaturated/α-hetero) is 1. The number of hydrogen-bond acceptors (Lipinski definition) is 1. The second-order valence-electron chi connectivity index (χ2n) is 5.02. The van der Waals surface area contributed by atoms with Crippen LogP contribution in [0.15, 0.2) is 0 Å². The molecule has 0 aromatic heterocycles. The second-order valence-corrected chi connectivity index (χ2v) is 5.02.